The van der Waals surface area contributed by atoms with E-state index >= 15 is 0 Å². The largest absolute Gasteiger partial charge is 0.0982 e. The Labute approximate surface area is 51.1 Å². The molecule has 1 heterocycles. The molecule has 3 heteroatoms. The van der Waals surface area contributed by atoms with Gasteiger partial charge >= 0.3 is 0 Å². The molecule has 1 rings (SSSR count). The zero-order valence-corrected chi connectivity index (χ0v) is 6.15. The van der Waals surface area contributed by atoms with Gasteiger partial charge in [0.05, 0.1) is 0 Å². The first-order valence-electron chi connectivity index (χ1n) is 1.43. The van der Waals surface area contributed by atoms with E-state index in [1.807, 2.05) is 0 Å². The summed E-state index contributed by atoms with van der Waals surface area (Å²) in [6.07, 6.45) is 0. The van der Waals surface area contributed by atoms with Crippen LogP contribution in [0.4, 0.5) is 0 Å². The molecule has 1 unspecified atom stereocenters. The minimum absolute atomic E-state index is 0.297. The fourth-order valence-corrected chi connectivity index (χ4v) is 3.41. The summed E-state index contributed by atoms with van der Waals surface area (Å²) < 4.78 is 2.15. The molecule has 0 radical (unpaired) electrons. The molecule has 0 saturated carbocycles. The van der Waals surface area contributed by atoms with Crippen molar-refractivity contribution in [1.82, 2.24) is 0 Å². The SMILES string of the molecule is BrS1=CSC=C1. The maximum atomic E-state index is 3.40. The molecular weight excluding hydrogens is 180 g/mol. The molecule has 0 aromatic carbocycles. The van der Waals surface area contributed by atoms with Crippen LogP contribution in [-0.2, 0) is 0 Å². The van der Waals surface area contributed by atoms with E-state index in [0.29, 0.717) is 8.92 Å². The van der Waals surface area contributed by atoms with Gasteiger partial charge in [0.15, 0.2) is 0 Å². The van der Waals surface area contributed by atoms with Crippen LogP contribution >= 0.6 is 35.5 Å². The Morgan fingerprint density at radius 1 is 1.67 bits per heavy atom. The third-order valence-corrected chi connectivity index (χ3v) is 4.47. The molecule has 0 aromatic rings. The summed E-state index contributed by atoms with van der Waals surface area (Å²) in [5.74, 6) is 0. The van der Waals surface area contributed by atoms with Gasteiger partial charge in [-0.15, -0.1) is 0 Å². The van der Waals surface area contributed by atoms with Crippen LogP contribution < -0.4 is 0 Å². The lowest BCUT2D eigenvalue weighted by atomic mass is 11.3. The second-order valence-electron chi connectivity index (χ2n) is 0.819. The minimum atomic E-state index is 0.297. The average Bonchev–Trinajstić information content (AvgIpc) is 1.86. The molecule has 0 aromatic heterocycles. The van der Waals surface area contributed by atoms with E-state index in [-0.39, 0.29) is 0 Å². The quantitative estimate of drug-likeness (QED) is 0.520. The molecule has 34 valence electrons. The van der Waals surface area contributed by atoms with Crippen LogP contribution in [0, 0.1) is 0 Å². The topological polar surface area (TPSA) is 0 Å². The van der Waals surface area contributed by atoms with Crippen molar-refractivity contribution in [3.63, 3.8) is 0 Å². The molecule has 1 atom stereocenters. The van der Waals surface area contributed by atoms with Gasteiger partial charge in [-0.2, -0.15) is 0 Å². The highest BCUT2D eigenvalue weighted by Gasteiger charge is 1.85. The zero-order valence-electron chi connectivity index (χ0n) is 2.93. The number of hydrogen-bond donors (Lipinski definition) is 0. The molecule has 0 saturated heterocycles. The maximum absolute atomic E-state index is 3.40. The lowest BCUT2D eigenvalue weighted by Crippen LogP contribution is -1.37. The standard InChI is InChI=1S/C3H3BrS2/c4-6-2-1-5-3-6/h1-3H. The van der Waals surface area contributed by atoms with E-state index in [9.17, 15) is 0 Å². The third kappa shape index (κ3) is 1.13. The predicted octanol–water partition coefficient (Wildman–Crippen LogP) is 2.54. The van der Waals surface area contributed by atoms with Gasteiger partial charge in [0.2, 0.25) is 0 Å². The van der Waals surface area contributed by atoms with Crippen molar-refractivity contribution in [3.8, 4) is 0 Å². The van der Waals surface area contributed by atoms with Gasteiger partial charge in [-0.1, -0.05) is 20.7 Å². The number of rotatable bonds is 0. The Balaban J connectivity index is 2.68. The number of halogens is 1. The third-order valence-electron chi connectivity index (χ3n) is 0.412. The summed E-state index contributed by atoms with van der Waals surface area (Å²) in [7, 11) is 0.297. The minimum Gasteiger partial charge on any atom is -0.0982 e. The van der Waals surface area contributed by atoms with Crippen LogP contribution in [0.1, 0.15) is 0 Å². The molecule has 0 N–H and O–H groups in total. The molecule has 0 amide bonds. The molecular formula is C3H3BrS2. The first-order valence-corrected chi connectivity index (χ1v) is 5.57. The Hall–Kier alpha value is 0.790. The van der Waals surface area contributed by atoms with E-state index in [4.69, 9.17) is 0 Å². The van der Waals surface area contributed by atoms with Crippen molar-refractivity contribution >= 4 is 40.2 Å². The monoisotopic (exact) mass is 182 g/mol. The highest BCUT2D eigenvalue weighted by Crippen LogP contribution is 2.31. The lowest BCUT2D eigenvalue weighted by Gasteiger charge is -1.71. The Morgan fingerprint density at radius 3 is 2.67 bits per heavy atom. The first-order chi connectivity index (χ1) is 2.89. The molecule has 6 heavy (non-hydrogen) atoms. The highest BCUT2D eigenvalue weighted by molar-refractivity contribution is 9.54. The van der Waals surface area contributed by atoms with Gasteiger partial charge in [-0.3, -0.25) is 0 Å². The molecule has 0 bridgehead atoms. The Bertz CT molecular complexity index is 103. The lowest BCUT2D eigenvalue weighted by molar-refractivity contribution is 2.60. The molecule has 1 aliphatic rings. The summed E-state index contributed by atoms with van der Waals surface area (Å²) in [6.45, 7) is 0. The molecule has 0 aliphatic carbocycles. The first kappa shape index (κ1) is 4.94. The van der Waals surface area contributed by atoms with Gasteiger partial charge in [-0.25, -0.2) is 0 Å². The molecule has 0 spiro atoms. The second-order valence-corrected chi connectivity index (χ2v) is 5.28. The Morgan fingerprint density at radius 2 is 2.50 bits per heavy atom. The van der Waals surface area contributed by atoms with Gasteiger partial charge in [0.25, 0.3) is 0 Å². The summed E-state index contributed by atoms with van der Waals surface area (Å²) in [4.78, 5) is 0. The van der Waals surface area contributed by atoms with E-state index < -0.39 is 0 Å². The van der Waals surface area contributed by atoms with Gasteiger partial charge < -0.3 is 0 Å². The van der Waals surface area contributed by atoms with Crippen LogP contribution in [0.15, 0.2) is 10.8 Å². The number of hydrogen-bond acceptors (Lipinski definition) is 1. The van der Waals surface area contributed by atoms with E-state index in [0.717, 1.165) is 0 Å². The summed E-state index contributed by atoms with van der Waals surface area (Å²) >= 11 is 5.14. The van der Waals surface area contributed by atoms with E-state index in [1.54, 1.807) is 11.8 Å². The fourth-order valence-electron chi connectivity index (χ4n) is 0.202. The molecule has 0 nitrogen and oxygen atoms in total. The van der Waals surface area contributed by atoms with Crippen LogP contribution in [-0.4, -0.2) is 4.70 Å². The smallest absolute Gasteiger partial charge is 0.0131 e. The van der Waals surface area contributed by atoms with Gasteiger partial charge in [0, 0.05) is 4.70 Å². The van der Waals surface area contributed by atoms with Crippen molar-refractivity contribution in [2.24, 2.45) is 0 Å². The highest BCUT2D eigenvalue weighted by atomic mass is 79.9. The van der Waals surface area contributed by atoms with Crippen LogP contribution in [0.2, 0.25) is 0 Å². The van der Waals surface area contributed by atoms with Crippen molar-refractivity contribution in [3.05, 3.63) is 10.8 Å². The predicted molar refractivity (Wildman–Crippen MR) is 39.3 cm³/mol. The van der Waals surface area contributed by atoms with E-state index in [2.05, 4.69) is 30.3 Å². The Kier molecular flexibility index (Phi) is 1.80. The molecule has 1 aliphatic heterocycles. The molecule has 0 fully saturated rings. The average molecular weight is 183 g/mol. The number of thioether (sulfide) groups is 1. The van der Waals surface area contributed by atoms with Crippen molar-refractivity contribution in [2.45, 2.75) is 0 Å². The van der Waals surface area contributed by atoms with Crippen molar-refractivity contribution < 1.29 is 0 Å². The second kappa shape index (κ2) is 2.19. The fraction of sp³-hybridized carbons (Fsp3) is 0. The van der Waals surface area contributed by atoms with Crippen LogP contribution in [0.3, 0.4) is 0 Å². The van der Waals surface area contributed by atoms with Gasteiger partial charge in [0.1, 0.15) is 0 Å². The van der Waals surface area contributed by atoms with Crippen molar-refractivity contribution in [2.75, 3.05) is 0 Å². The normalized spacial score (nSPS) is 30.5. The summed E-state index contributed by atoms with van der Waals surface area (Å²) in [5.41, 5.74) is 0. The van der Waals surface area contributed by atoms with Crippen molar-refractivity contribution in [1.29, 1.82) is 0 Å². The van der Waals surface area contributed by atoms with Crippen LogP contribution in [0.5, 0.6) is 0 Å². The summed E-state index contributed by atoms with van der Waals surface area (Å²) in [6, 6.07) is 0. The van der Waals surface area contributed by atoms with Crippen LogP contribution in [0.25, 0.3) is 0 Å². The summed E-state index contributed by atoms with van der Waals surface area (Å²) in [5, 5.41) is 4.21. The van der Waals surface area contributed by atoms with Gasteiger partial charge in [-0.05, 0) is 25.6 Å². The zero-order chi connectivity index (χ0) is 4.41. The maximum Gasteiger partial charge on any atom is 0.0131 e. The van der Waals surface area contributed by atoms with E-state index in [1.165, 1.54) is 0 Å².